The molecule has 3 rings (SSSR count). The number of amides is 1. The third kappa shape index (κ3) is 5.61. The van der Waals surface area contributed by atoms with E-state index in [2.05, 4.69) is 38.3 Å². The quantitative estimate of drug-likeness (QED) is 0.277. The summed E-state index contributed by atoms with van der Waals surface area (Å²) in [5.74, 6) is -0.283. The van der Waals surface area contributed by atoms with Gasteiger partial charge in [0.15, 0.2) is 0 Å². The van der Waals surface area contributed by atoms with Gasteiger partial charge in [0.25, 0.3) is 5.91 Å². The molecule has 0 heterocycles. The first kappa shape index (κ1) is 20.5. The lowest BCUT2D eigenvalue weighted by atomic mass is 10.2. The Balaban J connectivity index is 1.56. The van der Waals surface area contributed by atoms with E-state index in [-0.39, 0.29) is 0 Å². The fourth-order valence-corrected chi connectivity index (χ4v) is 2.89. The second kappa shape index (κ2) is 9.78. The fourth-order valence-electron chi connectivity index (χ4n) is 2.28. The van der Waals surface area contributed by atoms with Crippen molar-refractivity contribution in [2.45, 2.75) is 0 Å². The van der Waals surface area contributed by atoms with E-state index in [1.165, 1.54) is 0 Å². The van der Waals surface area contributed by atoms with Crippen LogP contribution in [0.3, 0.4) is 0 Å². The van der Waals surface area contributed by atoms with Crippen molar-refractivity contribution < 1.29 is 19.2 Å². The first-order valence-corrected chi connectivity index (χ1v) is 9.56. The summed E-state index contributed by atoms with van der Waals surface area (Å²) in [6.07, 6.45) is 0. The van der Waals surface area contributed by atoms with E-state index in [9.17, 15) is 9.59 Å². The first-order valence-electron chi connectivity index (χ1n) is 8.49. The zero-order valence-corrected chi connectivity index (χ0v) is 17.5. The number of carbonyl (C=O) groups excluding carboxylic acids is 2. The molecule has 0 aliphatic rings. The van der Waals surface area contributed by atoms with Crippen molar-refractivity contribution in [1.29, 1.82) is 0 Å². The average molecular weight is 501 g/mol. The van der Waals surface area contributed by atoms with Gasteiger partial charge in [-0.2, -0.15) is 0 Å². The van der Waals surface area contributed by atoms with E-state index in [1.807, 2.05) is 12.1 Å². The van der Waals surface area contributed by atoms with E-state index in [4.69, 9.17) is 9.57 Å². The summed E-state index contributed by atoms with van der Waals surface area (Å²) >= 11 is 2.07. The molecule has 8 heteroatoms. The van der Waals surface area contributed by atoms with Crippen molar-refractivity contribution in [3.05, 3.63) is 87.5 Å². The minimum absolute atomic E-state index is 0.412. The van der Waals surface area contributed by atoms with Gasteiger partial charge in [-0.25, -0.2) is 10.3 Å². The lowest BCUT2D eigenvalue weighted by molar-refractivity contribution is 0.0595. The van der Waals surface area contributed by atoms with Crippen LogP contribution >= 0.6 is 22.6 Å². The molecule has 0 fully saturated rings. The van der Waals surface area contributed by atoms with Crippen LogP contribution in [0.1, 0.15) is 20.7 Å². The number of carbonyl (C=O) groups is 2. The number of methoxy groups -OCH3 is 1. The van der Waals surface area contributed by atoms with Crippen LogP contribution in [-0.4, -0.2) is 19.0 Å². The summed E-state index contributed by atoms with van der Waals surface area (Å²) in [5, 5.41) is 7.64. The number of anilines is 1. The largest absolute Gasteiger partial charge is 0.497 e. The van der Waals surface area contributed by atoms with E-state index in [1.54, 1.807) is 67.8 Å². The second-order valence-electron chi connectivity index (χ2n) is 5.75. The topological polar surface area (TPSA) is 89.3 Å². The normalized spacial score (nSPS) is 10.6. The smallest absolute Gasteiger partial charge is 0.363 e. The molecule has 0 radical (unpaired) electrons. The summed E-state index contributed by atoms with van der Waals surface area (Å²) < 4.78 is 5.85. The molecule has 0 aromatic heterocycles. The summed E-state index contributed by atoms with van der Waals surface area (Å²) in [6.45, 7) is 0. The summed E-state index contributed by atoms with van der Waals surface area (Å²) in [5.41, 5.74) is 4.53. The Hall–Kier alpha value is -3.27. The van der Waals surface area contributed by atoms with Crippen molar-refractivity contribution in [3.63, 3.8) is 0 Å². The van der Waals surface area contributed by atoms with Crippen LogP contribution in [0.5, 0.6) is 5.75 Å². The van der Waals surface area contributed by atoms with Crippen LogP contribution in [0, 0.1) is 3.57 Å². The standard InChI is InChI=1S/C21H16IN3O4/c1-28-17-12-6-14(7-13-17)20(26)24-23-15-8-10-16(11-9-15)25-29-21(27)18-4-2-3-5-19(18)22/h2-13,25H,1H3. The van der Waals surface area contributed by atoms with Crippen molar-refractivity contribution >= 4 is 45.8 Å². The number of hydrogen-bond donors (Lipinski definition) is 1. The van der Waals surface area contributed by atoms with E-state index < -0.39 is 11.9 Å². The van der Waals surface area contributed by atoms with Crippen molar-refractivity contribution in [3.8, 4) is 5.75 Å². The van der Waals surface area contributed by atoms with Crippen LogP contribution in [0.2, 0.25) is 0 Å². The number of halogens is 1. The van der Waals surface area contributed by atoms with Crippen LogP contribution in [0.25, 0.3) is 0 Å². The van der Waals surface area contributed by atoms with E-state index >= 15 is 0 Å². The summed E-state index contributed by atoms with van der Waals surface area (Å²) in [7, 11) is 1.55. The highest BCUT2D eigenvalue weighted by atomic mass is 127. The molecule has 1 N–H and O–H groups in total. The van der Waals surface area contributed by atoms with Crippen LogP contribution < -0.4 is 10.2 Å². The van der Waals surface area contributed by atoms with Gasteiger partial charge in [0.1, 0.15) is 5.75 Å². The molecule has 0 saturated heterocycles. The third-order valence-corrected chi connectivity index (χ3v) is 4.76. The van der Waals surface area contributed by atoms with Gasteiger partial charge in [-0.1, -0.05) is 12.1 Å². The van der Waals surface area contributed by atoms with Crippen LogP contribution in [0.4, 0.5) is 11.4 Å². The molecular weight excluding hydrogens is 485 g/mol. The van der Waals surface area contributed by atoms with Gasteiger partial charge in [-0.05, 0) is 83.3 Å². The van der Waals surface area contributed by atoms with Gasteiger partial charge in [-0.3, -0.25) is 4.79 Å². The fraction of sp³-hybridized carbons (Fsp3) is 0.0476. The molecule has 0 atom stereocenters. The molecule has 0 unspecified atom stereocenters. The zero-order valence-electron chi connectivity index (χ0n) is 15.3. The third-order valence-electron chi connectivity index (χ3n) is 3.82. The highest BCUT2D eigenvalue weighted by Crippen LogP contribution is 2.19. The molecule has 0 bridgehead atoms. The Bertz CT molecular complexity index is 1030. The Morgan fingerprint density at radius 3 is 2.28 bits per heavy atom. The molecule has 0 aliphatic heterocycles. The number of benzene rings is 3. The summed E-state index contributed by atoms with van der Waals surface area (Å²) in [6, 6.07) is 20.3. The lowest BCUT2D eigenvalue weighted by Gasteiger charge is -2.07. The maximum absolute atomic E-state index is 12.1. The molecule has 1 amide bonds. The molecule has 3 aromatic carbocycles. The predicted molar refractivity (Wildman–Crippen MR) is 116 cm³/mol. The minimum atomic E-state index is -0.483. The molecule has 0 aliphatic carbocycles. The highest BCUT2D eigenvalue weighted by Gasteiger charge is 2.11. The number of hydrogen-bond acceptors (Lipinski definition) is 6. The number of azo groups is 1. The van der Waals surface area contributed by atoms with Crippen molar-refractivity contribution in [2.24, 2.45) is 10.2 Å². The zero-order chi connectivity index (χ0) is 20.6. The van der Waals surface area contributed by atoms with Gasteiger partial charge in [0.2, 0.25) is 0 Å². The van der Waals surface area contributed by atoms with Crippen LogP contribution in [0.15, 0.2) is 83.0 Å². The number of rotatable bonds is 6. The maximum atomic E-state index is 12.1. The molecule has 0 spiro atoms. The SMILES string of the molecule is COc1ccc(C(=O)N=Nc2ccc(NOC(=O)c3ccccc3I)cc2)cc1. The van der Waals surface area contributed by atoms with E-state index in [0.717, 1.165) is 3.57 Å². The van der Waals surface area contributed by atoms with Gasteiger partial charge < -0.3 is 9.57 Å². The predicted octanol–water partition coefficient (Wildman–Crippen LogP) is 5.41. The van der Waals surface area contributed by atoms with Crippen molar-refractivity contribution in [1.82, 2.24) is 0 Å². The van der Waals surface area contributed by atoms with Gasteiger partial charge in [0, 0.05) is 9.13 Å². The average Bonchev–Trinajstić information content (AvgIpc) is 2.77. The second-order valence-corrected chi connectivity index (χ2v) is 6.91. The summed E-state index contributed by atoms with van der Waals surface area (Å²) in [4.78, 5) is 29.2. The van der Waals surface area contributed by atoms with E-state index in [0.29, 0.717) is 28.3 Å². The van der Waals surface area contributed by atoms with Crippen LogP contribution in [-0.2, 0) is 4.84 Å². The van der Waals surface area contributed by atoms with Gasteiger partial charge >= 0.3 is 5.97 Å². The number of nitrogens with zero attached hydrogens (tertiary/aromatic N) is 2. The Morgan fingerprint density at radius 2 is 1.62 bits per heavy atom. The monoisotopic (exact) mass is 501 g/mol. The Morgan fingerprint density at radius 1 is 0.931 bits per heavy atom. The van der Waals surface area contributed by atoms with Gasteiger partial charge in [0.05, 0.1) is 24.0 Å². The molecule has 3 aromatic rings. The first-order chi connectivity index (χ1) is 14.1. The Kier molecular flexibility index (Phi) is 6.90. The number of nitrogens with one attached hydrogen (secondary N) is 1. The minimum Gasteiger partial charge on any atom is -0.497 e. The van der Waals surface area contributed by atoms with Gasteiger partial charge in [-0.15, -0.1) is 10.2 Å². The molecule has 146 valence electrons. The molecular formula is C21H16IN3O4. The molecule has 29 heavy (non-hydrogen) atoms. The molecule has 7 nitrogen and oxygen atoms in total. The Labute approximate surface area is 180 Å². The maximum Gasteiger partial charge on any atom is 0.363 e. The number of ether oxygens (including phenoxy) is 1. The molecule has 0 saturated carbocycles. The highest BCUT2D eigenvalue weighted by molar-refractivity contribution is 14.1. The van der Waals surface area contributed by atoms with Crippen molar-refractivity contribution in [2.75, 3.05) is 12.6 Å². The lowest BCUT2D eigenvalue weighted by Crippen LogP contribution is -2.11.